The highest BCUT2D eigenvalue weighted by Crippen LogP contribution is 1.78. The molecule has 70 valence electrons. The van der Waals surface area contributed by atoms with Crippen molar-refractivity contribution in [2.24, 2.45) is 0 Å². The van der Waals surface area contributed by atoms with Crippen molar-refractivity contribution in [3.63, 3.8) is 0 Å². The van der Waals surface area contributed by atoms with Crippen LogP contribution in [-0.4, -0.2) is 45.8 Å². The fraction of sp³-hybridized carbons (Fsp3) is 0.714. The standard InChI is InChI=1S/C7H12O5/c8-1-3-10-5-6-12-7-11-4-2-9/h1-2H,3-7H2. The van der Waals surface area contributed by atoms with Gasteiger partial charge < -0.3 is 23.8 Å². The Morgan fingerprint density at radius 1 is 0.833 bits per heavy atom. The second-order valence-electron chi connectivity index (χ2n) is 1.81. The van der Waals surface area contributed by atoms with Crippen LogP contribution in [0.5, 0.6) is 0 Å². The summed E-state index contributed by atoms with van der Waals surface area (Å²) in [5, 5.41) is 0. The summed E-state index contributed by atoms with van der Waals surface area (Å²) in [6.45, 7) is 0.896. The first-order valence-corrected chi connectivity index (χ1v) is 3.52. The van der Waals surface area contributed by atoms with E-state index in [2.05, 4.69) is 4.74 Å². The first kappa shape index (κ1) is 11.2. The van der Waals surface area contributed by atoms with E-state index in [1.54, 1.807) is 0 Å². The summed E-state index contributed by atoms with van der Waals surface area (Å²) in [6, 6.07) is 0. The van der Waals surface area contributed by atoms with Crippen LogP contribution < -0.4 is 0 Å². The minimum absolute atomic E-state index is 0.0369. The third-order valence-electron chi connectivity index (χ3n) is 0.910. The molecule has 5 heteroatoms. The van der Waals surface area contributed by atoms with Crippen LogP contribution in [0.1, 0.15) is 0 Å². The minimum atomic E-state index is 0.0369. The van der Waals surface area contributed by atoms with E-state index in [0.717, 1.165) is 0 Å². The Balaban J connectivity index is 2.81. The van der Waals surface area contributed by atoms with E-state index in [-0.39, 0.29) is 20.0 Å². The predicted octanol–water partition coefficient (Wildman–Crippen LogP) is -0.608. The zero-order valence-corrected chi connectivity index (χ0v) is 6.73. The maximum absolute atomic E-state index is 9.75. The van der Waals surface area contributed by atoms with Crippen molar-refractivity contribution in [3.8, 4) is 0 Å². The molecule has 5 nitrogen and oxygen atoms in total. The molecular formula is C7H12O5. The van der Waals surface area contributed by atoms with Gasteiger partial charge in [0.05, 0.1) is 13.2 Å². The lowest BCUT2D eigenvalue weighted by molar-refractivity contribution is -0.120. The van der Waals surface area contributed by atoms with Crippen LogP contribution in [-0.2, 0) is 23.8 Å². The molecule has 0 unspecified atom stereocenters. The fourth-order valence-electron chi connectivity index (χ4n) is 0.463. The number of hydrogen-bond donors (Lipinski definition) is 0. The van der Waals surface area contributed by atoms with E-state index in [0.29, 0.717) is 25.8 Å². The van der Waals surface area contributed by atoms with Gasteiger partial charge in [0.2, 0.25) is 0 Å². The molecule has 0 aromatic heterocycles. The van der Waals surface area contributed by atoms with Crippen LogP contribution in [0, 0.1) is 0 Å². The number of hydrogen-bond acceptors (Lipinski definition) is 5. The molecule has 0 atom stereocenters. The van der Waals surface area contributed by atoms with Crippen molar-refractivity contribution >= 4 is 12.6 Å². The van der Waals surface area contributed by atoms with Gasteiger partial charge >= 0.3 is 0 Å². The first-order chi connectivity index (χ1) is 5.91. The largest absolute Gasteiger partial charge is 0.372 e. The molecule has 0 N–H and O–H groups in total. The Bertz CT molecular complexity index is 100. The van der Waals surface area contributed by atoms with Gasteiger partial charge in [-0.05, 0) is 0 Å². The molecule has 0 spiro atoms. The molecule has 0 fully saturated rings. The molecule has 0 saturated heterocycles. The lowest BCUT2D eigenvalue weighted by Crippen LogP contribution is -2.08. The Kier molecular flexibility index (Phi) is 9.56. The monoisotopic (exact) mass is 176 g/mol. The lowest BCUT2D eigenvalue weighted by Gasteiger charge is -2.02. The number of carbonyl (C=O) groups excluding carboxylic acids is 2. The van der Waals surface area contributed by atoms with Crippen LogP contribution in [0.3, 0.4) is 0 Å². The van der Waals surface area contributed by atoms with Gasteiger partial charge in [-0.2, -0.15) is 0 Å². The van der Waals surface area contributed by atoms with Crippen LogP contribution in [0.2, 0.25) is 0 Å². The van der Waals surface area contributed by atoms with E-state index in [4.69, 9.17) is 9.47 Å². The average Bonchev–Trinajstić information content (AvgIpc) is 2.10. The molecule has 0 aromatic carbocycles. The van der Waals surface area contributed by atoms with Gasteiger partial charge in [0, 0.05) is 0 Å². The summed E-state index contributed by atoms with van der Waals surface area (Å²) in [4.78, 5) is 19.5. The van der Waals surface area contributed by atoms with Gasteiger partial charge in [-0.25, -0.2) is 0 Å². The third-order valence-corrected chi connectivity index (χ3v) is 0.910. The molecule has 0 aliphatic heterocycles. The highest BCUT2D eigenvalue weighted by Gasteiger charge is 1.88. The second-order valence-corrected chi connectivity index (χ2v) is 1.81. The summed E-state index contributed by atoms with van der Waals surface area (Å²) < 4.78 is 14.3. The molecule has 0 rings (SSSR count). The van der Waals surface area contributed by atoms with Crippen molar-refractivity contribution in [2.75, 3.05) is 33.2 Å². The van der Waals surface area contributed by atoms with Gasteiger partial charge in [0.15, 0.2) is 0 Å². The smallest absolute Gasteiger partial charge is 0.147 e. The van der Waals surface area contributed by atoms with Gasteiger partial charge in [0.1, 0.15) is 32.6 Å². The summed E-state index contributed by atoms with van der Waals surface area (Å²) >= 11 is 0. The van der Waals surface area contributed by atoms with Gasteiger partial charge in [-0.1, -0.05) is 0 Å². The molecule has 0 aliphatic rings. The van der Waals surface area contributed by atoms with Crippen LogP contribution in [0.4, 0.5) is 0 Å². The highest BCUT2D eigenvalue weighted by atomic mass is 16.7. The molecular weight excluding hydrogens is 164 g/mol. The van der Waals surface area contributed by atoms with Crippen molar-refractivity contribution in [1.29, 1.82) is 0 Å². The topological polar surface area (TPSA) is 61.8 Å². The molecule has 0 amide bonds. The van der Waals surface area contributed by atoms with Gasteiger partial charge in [-0.3, -0.25) is 0 Å². The van der Waals surface area contributed by atoms with Crippen LogP contribution >= 0.6 is 0 Å². The van der Waals surface area contributed by atoms with E-state index in [1.807, 2.05) is 0 Å². The van der Waals surface area contributed by atoms with Crippen molar-refractivity contribution in [3.05, 3.63) is 0 Å². The SMILES string of the molecule is O=CCOCCOCOCC=O. The van der Waals surface area contributed by atoms with Gasteiger partial charge in [0.25, 0.3) is 0 Å². The zero-order chi connectivity index (χ0) is 9.07. The van der Waals surface area contributed by atoms with Crippen LogP contribution in [0.15, 0.2) is 0 Å². The fourth-order valence-corrected chi connectivity index (χ4v) is 0.463. The van der Waals surface area contributed by atoms with Gasteiger partial charge in [-0.15, -0.1) is 0 Å². The summed E-state index contributed by atoms with van der Waals surface area (Å²) in [5.41, 5.74) is 0. The Labute approximate surface area is 70.6 Å². The minimum Gasteiger partial charge on any atom is -0.372 e. The highest BCUT2D eigenvalue weighted by molar-refractivity contribution is 5.50. The zero-order valence-electron chi connectivity index (χ0n) is 6.73. The molecule has 12 heavy (non-hydrogen) atoms. The Morgan fingerprint density at radius 3 is 2.08 bits per heavy atom. The molecule has 0 heterocycles. The Hall–Kier alpha value is -0.780. The van der Waals surface area contributed by atoms with Crippen LogP contribution in [0.25, 0.3) is 0 Å². The summed E-state index contributed by atoms with van der Waals surface area (Å²) in [5.74, 6) is 0. The number of ether oxygens (including phenoxy) is 3. The summed E-state index contributed by atoms with van der Waals surface area (Å²) in [6.07, 6.45) is 1.31. The van der Waals surface area contributed by atoms with Crippen molar-refractivity contribution in [1.82, 2.24) is 0 Å². The van der Waals surface area contributed by atoms with E-state index in [9.17, 15) is 9.59 Å². The molecule has 0 aromatic rings. The normalized spacial score (nSPS) is 9.67. The number of rotatable bonds is 9. The molecule has 0 saturated carbocycles. The summed E-state index contributed by atoms with van der Waals surface area (Å²) in [7, 11) is 0. The average molecular weight is 176 g/mol. The number of carbonyl (C=O) groups is 2. The molecule has 0 aliphatic carbocycles. The van der Waals surface area contributed by atoms with Crippen molar-refractivity contribution < 1.29 is 23.8 Å². The maximum Gasteiger partial charge on any atom is 0.147 e. The van der Waals surface area contributed by atoms with E-state index in [1.165, 1.54) is 0 Å². The molecule has 0 bridgehead atoms. The van der Waals surface area contributed by atoms with E-state index < -0.39 is 0 Å². The Morgan fingerprint density at radius 2 is 1.42 bits per heavy atom. The quantitative estimate of drug-likeness (QED) is 0.266. The van der Waals surface area contributed by atoms with Crippen molar-refractivity contribution in [2.45, 2.75) is 0 Å². The predicted molar refractivity (Wildman–Crippen MR) is 39.7 cm³/mol. The number of aldehydes is 2. The maximum atomic E-state index is 9.75. The first-order valence-electron chi connectivity index (χ1n) is 3.52. The molecule has 0 radical (unpaired) electrons. The lowest BCUT2D eigenvalue weighted by atomic mass is 10.7. The third kappa shape index (κ3) is 9.22. The van der Waals surface area contributed by atoms with E-state index >= 15 is 0 Å². The second kappa shape index (κ2) is 10.2.